The zero-order valence-electron chi connectivity index (χ0n) is 12.0. The Labute approximate surface area is 129 Å². The van der Waals surface area contributed by atoms with Gasteiger partial charge in [0.2, 0.25) is 5.91 Å². The van der Waals surface area contributed by atoms with Gasteiger partial charge in [0.1, 0.15) is 10.7 Å². The molecule has 0 spiro atoms. The molecule has 1 rings (SSSR count). The van der Waals surface area contributed by atoms with Gasteiger partial charge in [-0.3, -0.25) is 9.59 Å². The molecular weight excluding hydrogens is 290 g/mol. The fourth-order valence-electron chi connectivity index (χ4n) is 1.75. The second-order valence-corrected chi connectivity index (χ2v) is 5.17. The van der Waals surface area contributed by atoms with Gasteiger partial charge in [-0.1, -0.05) is 24.4 Å². The minimum Gasteiger partial charge on any atom is -0.483 e. The summed E-state index contributed by atoms with van der Waals surface area (Å²) in [7, 11) is 0. The number of rotatable bonds is 7. The first-order valence-corrected chi connectivity index (χ1v) is 6.83. The summed E-state index contributed by atoms with van der Waals surface area (Å²) >= 11 is 4.92. The van der Waals surface area contributed by atoms with Crippen molar-refractivity contribution in [1.82, 2.24) is 4.90 Å². The fraction of sp³-hybridized carbons (Fsp3) is 0.357. The van der Waals surface area contributed by atoms with E-state index in [1.165, 1.54) is 4.90 Å². The van der Waals surface area contributed by atoms with E-state index in [1.807, 2.05) is 0 Å². The van der Waals surface area contributed by atoms with Crippen LogP contribution in [0.25, 0.3) is 0 Å². The van der Waals surface area contributed by atoms with Crippen LogP contribution in [0.1, 0.15) is 19.4 Å². The van der Waals surface area contributed by atoms with Crippen molar-refractivity contribution in [2.45, 2.75) is 19.9 Å². The zero-order valence-corrected chi connectivity index (χ0v) is 12.9. The number of benzene rings is 1. The predicted molar refractivity (Wildman–Crippen MR) is 83.9 cm³/mol. The Balaban J connectivity index is 2.76. The van der Waals surface area contributed by atoms with Gasteiger partial charge in [0.25, 0.3) is 5.91 Å². The van der Waals surface area contributed by atoms with Crippen LogP contribution in [0.2, 0.25) is 0 Å². The summed E-state index contributed by atoms with van der Waals surface area (Å²) in [4.78, 5) is 24.6. The molecule has 0 unspecified atom stereocenters. The lowest BCUT2D eigenvalue weighted by Gasteiger charge is -2.25. The molecule has 2 amide bonds. The van der Waals surface area contributed by atoms with Gasteiger partial charge in [-0.25, -0.2) is 0 Å². The molecule has 21 heavy (non-hydrogen) atoms. The minimum atomic E-state index is -0.569. The number of nitrogens with two attached hydrogens (primary N) is 2. The van der Waals surface area contributed by atoms with Crippen molar-refractivity contribution in [2.24, 2.45) is 11.5 Å². The highest BCUT2D eigenvalue weighted by atomic mass is 32.1. The van der Waals surface area contributed by atoms with Crippen molar-refractivity contribution < 1.29 is 14.3 Å². The maximum Gasteiger partial charge on any atom is 0.261 e. The number of hydrogen-bond donors (Lipinski definition) is 2. The lowest BCUT2D eigenvalue weighted by Crippen LogP contribution is -2.44. The van der Waals surface area contributed by atoms with E-state index in [2.05, 4.69) is 0 Å². The van der Waals surface area contributed by atoms with Crippen molar-refractivity contribution in [3.8, 4) is 5.75 Å². The molecule has 0 fully saturated rings. The Morgan fingerprint density at radius 3 is 2.43 bits per heavy atom. The highest BCUT2D eigenvalue weighted by Gasteiger charge is 2.20. The van der Waals surface area contributed by atoms with E-state index in [0.717, 1.165) is 0 Å². The Morgan fingerprint density at radius 1 is 1.29 bits per heavy atom. The standard InChI is InChI=1S/C14H19N3O3S/c1-9(2)17(7-12(15)18)13(19)8-20-11-6-4-3-5-10(11)14(16)21/h3-6,9H,7-8H2,1-2H3,(H2,15,18)(H2,16,21). The van der Waals surface area contributed by atoms with Crippen LogP contribution in [0, 0.1) is 0 Å². The monoisotopic (exact) mass is 309 g/mol. The van der Waals surface area contributed by atoms with Crippen LogP contribution >= 0.6 is 12.2 Å². The molecular formula is C14H19N3O3S. The Morgan fingerprint density at radius 2 is 1.90 bits per heavy atom. The molecule has 0 saturated heterocycles. The molecule has 0 aliphatic heterocycles. The first-order chi connectivity index (χ1) is 9.82. The quantitative estimate of drug-likeness (QED) is 0.711. The van der Waals surface area contributed by atoms with Crippen molar-refractivity contribution >= 4 is 29.0 Å². The number of amides is 2. The highest BCUT2D eigenvalue weighted by Crippen LogP contribution is 2.17. The van der Waals surface area contributed by atoms with E-state index in [-0.39, 0.29) is 30.1 Å². The number of carbonyl (C=O) groups excluding carboxylic acids is 2. The normalized spacial score (nSPS) is 10.2. The molecule has 0 atom stereocenters. The van der Waals surface area contributed by atoms with E-state index in [0.29, 0.717) is 11.3 Å². The number of ether oxygens (including phenoxy) is 1. The Bertz CT molecular complexity index is 546. The minimum absolute atomic E-state index is 0.142. The van der Waals surface area contributed by atoms with Crippen LogP contribution in [-0.2, 0) is 9.59 Å². The maximum atomic E-state index is 12.1. The highest BCUT2D eigenvalue weighted by molar-refractivity contribution is 7.80. The molecule has 0 radical (unpaired) electrons. The largest absolute Gasteiger partial charge is 0.483 e. The van der Waals surface area contributed by atoms with E-state index in [4.69, 9.17) is 28.4 Å². The van der Waals surface area contributed by atoms with Crippen LogP contribution in [0.5, 0.6) is 5.75 Å². The molecule has 4 N–H and O–H groups in total. The van der Waals surface area contributed by atoms with Gasteiger partial charge in [0.05, 0.1) is 12.1 Å². The topological polar surface area (TPSA) is 98.6 Å². The van der Waals surface area contributed by atoms with Gasteiger partial charge >= 0.3 is 0 Å². The number of hydrogen-bond acceptors (Lipinski definition) is 4. The lowest BCUT2D eigenvalue weighted by atomic mass is 10.2. The number of primary amides is 1. The van der Waals surface area contributed by atoms with Gasteiger partial charge in [0.15, 0.2) is 6.61 Å². The average molecular weight is 309 g/mol. The van der Waals surface area contributed by atoms with Crippen LogP contribution in [-0.4, -0.2) is 40.9 Å². The summed E-state index contributed by atoms with van der Waals surface area (Å²) in [5, 5.41) is 0. The molecule has 7 heteroatoms. The van der Waals surface area contributed by atoms with Crippen LogP contribution < -0.4 is 16.2 Å². The number of thiocarbonyl (C=S) groups is 1. The van der Waals surface area contributed by atoms with Crippen molar-refractivity contribution in [3.05, 3.63) is 29.8 Å². The molecule has 0 aromatic heterocycles. The molecule has 0 bridgehead atoms. The maximum absolute atomic E-state index is 12.1. The first kappa shape index (κ1) is 16.9. The molecule has 0 aliphatic rings. The summed E-state index contributed by atoms with van der Waals surface area (Å²) in [5.41, 5.74) is 11.3. The molecule has 0 heterocycles. The zero-order chi connectivity index (χ0) is 16.0. The van der Waals surface area contributed by atoms with Gasteiger partial charge in [0, 0.05) is 6.04 Å². The molecule has 6 nitrogen and oxygen atoms in total. The second kappa shape index (κ2) is 7.58. The number of para-hydroxylation sites is 1. The molecule has 0 saturated carbocycles. The van der Waals surface area contributed by atoms with Crippen LogP contribution in [0.15, 0.2) is 24.3 Å². The van der Waals surface area contributed by atoms with E-state index in [1.54, 1.807) is 38.1 Å². The lowest BCUT2D eigenvalue weighted by molar-refractivity contribution is -0.138. The van der Waals surface area contributed by atoms with Crippen molar-refractivity contribution in [3.63, 3.8) is 0 Å². The van der Waals surface area contributed by atoms with Gasteiger partial charge in [-0.05, 0) is 26.0 Å². The van der Waals surface area contributed by atoms with Gasteiger partial charge in [-0.2, -0.15) is 0 Å². The Hall–Kier alpha value is -2.15. The predicted octanol–water partition coefficient (Wildman–Crippen LogP) is 0.422. The van der Waals surface area contributed by atoms with E-state index >= 15 is 0 Å². The van der Waals surface area contributed by atoms with Gasteiger partial charge < -0.3 is 21.1 Å². The molecule has 114 valence electrons. The summed E-state index contributed by atoms with van der Waals surface area (Å²) in [6.07, 6.45) is 0. The first-order valence-electron chi connectivity index (χ1n) is 6.42. The summed E-state index contributed by atoms with van der Waals surface area (Å²) < 4.78 is 5.46. The fourth-order valence-corrected chi connectivity index (χ4v) is 1.91. The summed E-state index contributed by atoms with van der Waals surface area (Å²) in [5.74, 6) is -0.469. The SMILES string of the molecule is CC(C)N(CC(N)=O)C(=O)COc1ccccc1C(N)=S. The van der Waals surface area contributed by atoms with E-state index in [9.17, 15) is 9.59 Å². The third kappa shape index (κ3) is 5.03. The smallest absolute Gasteiger partial charge is 0.261 e. The van der Waals surface area contributed by atoms with Crippen LogP contribution in [0.3, 0.4) is 0 Å². The third-order valence-corrected chi connectivity index (χ3v) is 2.99. The third-order valence-electron chi connectivity index (χ3n) is 2.77. The molecule has 1 aromatic carbocycles. The van der Waals surface area contributed by atoms with Crippen molar-refractivity contribution in [1.29, 1.82) is 0 Å². The van der Waals surface area contributed by atoms with E-state index < -0.39 is 5.91 Å². The van der Waals surface area contributed by atoms with Gasteiger partial charge in [-0.15, -0.1) is 0 Å². The summed E-state index contributed by atoms with van der Waals surface area (Å²) in [6, 6.07) is 6.77. The molecule has 1 aromatic rings. The second-order valence-electron chi connectivity index (χ2n) is 4.73. The number of nitrogens with zero attached hydrogens (tertiary/aromatic N) is 1. The Kier molecular flexibility index (Phi) is 6.10. The van der Waals surface area contributed by atoms with Crippen LogP contribution in [0.4, 0.5) is 0 Å². The number of carbonyl (C=O) groups is 2. The average Bonchev–Trinajstić information content (AvgIpc) is 2.41. The summed E-state index contributed by atoms with van der Waals surface area (Å²) in [6.45, 7) is 3.23. The molecule has 0 aliphatic carbocycles. The van der Waals surface area contributed by atoms with Crippen molar-refractivity contribution in [2.75, 3.05) is 13.2 Å².